The first-order valence-electron chi connectivity index (χ1n) is 7.69. The van der Waals surface area contributed by atoms with Crippen molar-refractivity contribution in [2.24, 2.45) is 0 Å². The van der Waals surface area contributed by atoms with Gasteiger partial charge in [0.05, 0.1) is 4.92 Å². The van der Waals surface area contributed by atoms with Crippen LogP contribution in [-0.2, 0) is 14.3 Å². The van der Waals surface area contributed by atoms with E-state index in [1.165, 1.54) is 12.1 Å². The molecule has 2 amide bonds. The van der Waals surface area contributed by atoms with Gasteiger partial charge in [-0.2, -0.15) is 0 Å². The third kappa shape index (κ3) is 6.32. The fourth-order valence-corrected chi connectivity index (χ4v) is 2.43. The van der Waals surface area contributed by atoms with E-state index in [4.69, 9.17) is 16.3 Å². The lowest BCUT2D eigenvalue weighted by molar-refractivity contribution is -0.383. The second kappa shape index (κ2) is 9.81. The van der Waals surface area contributed by atoms with Crippen molar-refractivity contribution in [3.8, 4) is 0 Å². The molecular formula is C17H13BrClN3O6. The van der Waals surface area contributed by atoms with Gasteiger partial charge in [0, 0.05) is 21.1 Å². The third-order valence-electron chi connectivity index (χ3n) is 3.29. The Morgan fingerprint density at radius 2 is 1.82 bits per heavy atom. The normalized spacial score (nSPS) is 10.1. The number of hydrogen-bond acceptors (Lipinski definition) is 6. The van der Waals surface area contributed by atoms with E-state index in [2.05, 4.69) is 26.6 Å². The minimum Gasteiger partial charge on any atom is -0.454 e. The molecule has 0 atom stereocenters. The molecule has 0 saturated carbocycles. The second-order valence-corrected chi connectivity index (χ2v) is 6.67. The SMILES string of the molecule is O=C(COC(=O)CNC(=O)c1ccc(Br)cc1)Nc1ccc(Cl)cc1[N+](=O)[O-]. The number of ether oxygens (including phenoxy) is 1. The summed E-state index contributed by atoms with van der Waals surface area (Å²) >= 11 is 8.93. The van der Waals surface area contributed by atoms with Gasteiger partial charge in [-0.1, -0.05) is 27.5 Å². The van der Waals surface area contributed by atoms with Crippen LogP contribution in [0.1, 0.15) is 10.4 Å². The predicted octanol–water partition coefficient (Wildman–Crippen LogP) is 2.92. The van der Waals surface area contributed by atoms with Gasteiger partial charge in [0.25, 0.3) is 17.5 Å². The van der Waals surface area contributed by atoms with Crippen LogP contribution in [0.15, 0.2) is 46.9 Å². The minimum atomic E-state index is -0.841. The first-order valence-corrected chi connectivity index (χ1v) is 8.86. The number of anilines is 1. The number of rotatable bonds is 7. The summed E-state index contributed by atoms with van der Waals surface area (Å²) in [6, 6.07) is 10.2. The zero-order valence-corrected chi connectivity index (χ0v) is 16.5. The number of nitro groups is 1. The van der Waals surface area contributed by atoms with Crippen molar-refractivity contribution in [2.45, 2.75) is 0 Å². The van der Waals surface area contributed by atoms with Crippen LogP contribution in [0.25, 0.3) is 0 Å². The van der Waals surface area contributed by atoms with Crippen molar-refractivity contribution in [2.75, 3.05) is 18.5 Å². The Hall–Kier alpha value is -2.98. The van der Waals surface area contributed by atoms with Crippen LogP contribution in [0.5, 0.6) is 0 Å². The number of carbonyl (C=O) groups excluding carboxylic acids is 3. The molecule has 28 heavy (non-hydrogen) atoms. The molecule has 0 spiro atoms. The number of esters is 1. The first-order chi connectivity index (χ1) is 13.3. The number of hydrogen-bond donors (Lipinski definition) is 2. The number of halogens is 2. The molecule has 146 valence electrons. The summed E-state index contributed by atoms with van der Waals surface area (Å²) < 4.78 is 5.54. The Bertz CT molecular complexity index is 920. The Kier molecular flexibility index (Phi) is 7.47. The molecule has 0 aliphatic carbocycles. The lowest BCUT2D eigenvalue weighted by atomic mass is 10.2. The maximum absolute atomic E-state index is 11.9. The smallest absolute Gasteiger partial charge is 0.325 e. The topological polar surface area (TPSA) is 128 Å². The van der Waals surface area contributed by atoms with Crippen LogP contribution < -0.4 is 10.6 Å². The van der Waals surface area contributed by atoms with E-state index in [0.29, 0.717) is 5.56 Å². The van der Waals surface area contributed by atoms with E-state index >= 15 is 0 Å². The third-order valence-corrected chi connectivity index (χ3v) is 4.06. The molecule has 0 aliphatic heterocycles. The molecule has 0 fully saturated rings. The highest BCUT2D eigenvalue weighted by atomic mass is 79.9. The number of nitrogens with zero attached hydrogens (tertiary/aromatic N) is 1. The molecule has 0 aromatic heterocycles. The van der Waals surface area contributed by atoms with E-state index in [0.717, 1.165) is 10.5 Å². The Labute approximate surface area is 172 Å². The quantitative estimate of drug-likeness (QED) is 0.364. The van der Waals surface area contributed by atoms with Gasteiger partial charge in [-0.3, -0.25) is 24.5 Å². The number of nitro benzene ring substituents is 1. The van der Waals surface area contributed by atoms with E-state index in [1.54, 1.807) is 24.3 Å². The molecule has 0 bridgehead atoms. The Morgan fingerprint density at radius 3 is 2.46 bits per heavy atom. The highest BCUT2D eigenvalue weighted by Crippen LogP contribution is 2.27. The fourth-order valence-electron chi connectivity index (χ4n) is 2.00. The van der Waals surface area contributed by atoms with Crippen LogP contribution in [0, 0.1) is 10.1 Å². The first kappa shape index (κ1) is 21.3. The largest absolute Gasteiger partial charge is 0.454 e. The van der Waals surface area contributed by atoms with E-state index in [9.17, 15) is 24.5 Å². The Balaban J connectivity index is 1.81. The highest BCUT2D eigenvalue weighted by Gasteiger charge is 2.17. The molecule has 2 aromatic rings. The molecule has 9 nitrogen and oxygen atoms in total. The minimum absolute atomic E-state index is 0.0843. The fraction of sp³-hybridized carbons (Fsp3) is 0.118. The van der Waals surface area contributed by atoms with Crippen molar-refractivity contribution < 1.29 is 24.0 Å². The van der Waals surface area contributed by atoms with Gasteiger partial charge in [-0.05, 0) is 36.4 Å². The Morgan fingerprint density at radius 1 is 1.14 bits per heavy atom. The van der Waals surface area contributed by atoms with Gasteiger partial charge in [-0.15, -0.1) is 0 Å². The summed E-state index contributed by atoms with van der Waals surface area (Å²) in [7, 11) is 0. The summed E-state index contributed by atoms with van der Waals surface area (Å²) in [6.45, 7) is -1.12. The maximum atomic E-state index is 11.9. The van der Waals surface area contributed by atoms with Crippen LogP contribution in [-0.4, -0.2) is 35.9 Å². The highest BCUT2D eigenvalue weighted by molar-refractivity contribution is 9.10. The van der Waals surface area contributed by atoms with Crippen LogP contribution in [0.2, 0.25) is 5.02 Å². The molecule has 2 aromatic carbocycles. The van der Waals surface area contributed by atoms with Crippen molar-refractivity contribution >= 4 is 56.7 Å². The summed E-state index contributed by atoms with van der Waals surface area (Å²) in [6.07, 6.45) is 0. The standard InChI is InChI=1S/C17H13BrClN3O6/c18-11-3-1-10(2-4-11)17(25)20-8-16(24)28-9-15(23)21-13-6-5-12(19)7-14(13)22(26)27/h1-7H,8-9H2,(H,20,25)(H,21,23). The van der Waals surface area contributed by atoms with Crippen LogP contribution >= 0.6 is 27.5 Å². The number of amides is 2. The molecule has 0 aliphatic rings. The van der Waals surface area contributed by atoms with Crippen molar-refractivity contribution in [1.82, 2.24) is 5.32 Å². The summed E-state index contributed by atoms with van der Waals surface area (Å²) in [5.74, 6) is -2.10. The van der Waals surface area contributed by atoms with Gasteiger partial charge in [-0.25, -0.2) is 0 Å². The van der Waals surface area contributed by atoms with E-state index in [1.807, 2.05) is 0 Å². The molecule has 11 heteroatoms. The van der Waals surface area contributed by atoms with E-state index in [-0.39, 0.29) is 10.7 Å². The monoisotopic (exact) mass is 469 g/mol. The van der Waals surface area contributed by atoms with Crippen molar-refractivity contribution in [3.05, 3.63) is 67.6 Å². The molecule has 0 radical (unpaired) electrons. The van der Waals surface area contributed by atoms with Gasteiger partial charge in [0.15, 0.2) is 6.61 Å². The molecule has 2 N–H and O–H groups in total. The molecule has 0 heterocycles. The van der Waals surface area contributed by atoms with Crippen molar-refractivity contribution in [3.63, 3.8) is 0 Å². The van der Waals surface area contributed by atoms with Crippen molar-refractivity contribution in [1.29, 1.82) is 0 Å². The number of carbonyl (C=O) groups is 3. The number of nitrogens with one attached hydrogen (secondary N) is 2. The average Bonchev–Trinajstić information content (AvgIpc) is 2.66. The van der Waals surface area contributed by atoms with Gasteiger partial charge < -0.3 is 15.4 Å². The lowest BCUT2D eigenvalue weighted by Crippen LogP contribution is -2.32. The zero-order valence-electron chi connectivity index (χ0n) is 14.1. The zero-order chi connectivity index (χ0) is 20.7. The summed E-state index contributed by atoms with van der Waals surface area (Å²) in [5, 5.41) is 15.7. The maximum Gasteiger partial charge on any atom is 0.325 e. The molecule has 0 saturated heterocycles. The van der Waals surface area contributed by atoms with Gasteiger partial charge >= 0.3 is 5.97 Å². The molecule has 0 unspecified atom stereocenters. The second-order valence-electron chi connectivity index (χ2n) is 5.32. The summed E-state index contributed by atoms with van der Waals surface area (Å²) in [4.78, 5) is 45.6. The predicted molar refractivity (Wildman–Crippen MR) is 104 cm³/mol. The van der Waals surface area contributed by atoms with E-state index < -0.39 is 41.5 Å². The average molecular weight is 471 g/mol. The molecular weight excluding hydrogens is 458 g/mol. The van der Waals surface area contributed by atoms with Gasteiger partial charge in [0.1, 0.15) is 12.2 Å². The lowest BCUT2D eigenvalue weighted by Gasteiger charge is -2.08. The van der Waals surface area contributed by atoms with Crippen LogP contribution in [0.3, 0.4) is 0 Å². The number of benzene rings is 2. The van der Waals surface area contributed by atoms with Gasteiger partial charge in [0.2, 0.25) is 0 Å². The summed E-state index contributed by atoms with van der Waals surface area (Å²) in [5.41, 5.74) is -0.128. The van der Waals surface area contributed by atoms with Crippen LogP contribution in [0.4, 0.5) is 11.4 Å². The molecule has 2 rings (SSSR count).